The smallest absolute Gasteiger partial charge is 0.307 e. The third-order valence-corrected chi connectivity index (χ3v) is 3.93. The Bertz CT molecular complexity index is 541. The van der Waals surface area contributed by atoms with Crippen LogP contribution in [0.4, 0.5) is 5.69 Å². The van der Waals surface area contributed by atoms with Crippen LogP contribution in [0, 0.1) is 11.8 Å². The Labute approximate surface area is 130 Å². The summed E-state index contributed by atoms with van der Waals surface area (Å²) in [6.07, 6.45) is 2.95. The van der Waals surface area contributed by atoms with Gasteiger partial charge < -0.3 is 15.2 Å². The van der Waals surface area contributed by atoms with Gasteiger partial charge in [-0.05, 0) is 38.8 Å². The lowest BCUT2D eigenvalue weighted by molar-refractivity contribution is -0.147. The van der Waals surface area contributed by atoms with Crippen LogP contribution in [0.15, 0.2) is 24.3 Å². The van der Waals surface area contributed by atoms with E-state index in [0.29, 0.717) is 24.3 Å². The van der Waals surface area contributed by atoms with Gasteiger partial charge >= 0.3 is 5.97 Å². The number of aliphatic carboxylic acids is 1. The number of amides is 1. The van der Waals surface area contributed by atoms with Gasteiger partial charge in [-0.25, -0.2) is 0 Å². The maximum Gasteiger partial charge on any atom is 0.307 e. The third-order valence-electron chi connectivity index (χ3n) is 3.93. The van der Waals surface area contributed by atoms with Crippen molar-refractivity contribution in [2.24, 2.45) is 11.8 Å². The monoisotopic (exact) mass is 305 g/mol. The average Bonchev–Trinajstić information content (AvgIpc) is 2.48. The van der Waals surface area contributed by atoms with Crippen molar-refractivity contribution in [2.75, 3.05) is 5.32 Å². The van der Waals surface area contributed by atoms with E-state index in [1.54, 1.807) is 12.1 Å². The second-order valence-electron chi connectivity index (χ2n) is 5.99. The molecule has 1 aromatic rings. The van der Waals surface area contributed by atoms with Crippen molar-refractivity contribution in [1.82, 2.24) is 0 Å². The van der Waals surface area contributed by atoms with Crippen LogP contribution in [0.5, 0.6) is 5.75 Å². The van der Waals surface area contributed by atoms with E-state index in [1.807, 2.05) is 26.0 Å². The predicted octanol–water partition coefficient (Wildman–Crippen LogP) is 3.30. The van der Waals surface area contributed by atoms with E-state index >= 15 is 0 Å². The molecule has 2 rings (SSSR count). The summed E-state index contributed by atoms with van der Waals surface area (Å²) < 4.78 is 5.68. The van der Waals surface area contributed by atoms with Crippen LogP contribution >= 0.6 is 0 Å². The lowest BCUT2D eigenvalue weighted by Gasteiger charge is -2.27. The van der Waals surface area contributed by atoms with Crippen molar-refractivity contribution in [3.05, 3.63) is 24.3 Å². The van der Waals surface area contributed by atoms with E-state index in [9.17, 15) is 14.7 Å². The summed E-state index contributed by atoms with van der Waals surface area (Å²) in [7, 11) is 0. The Kier molecular flexibility index (Phi) is 5.41. The maximum atomic E-state index is 12.5. The second kappa shape index (κ2) is 7.29. The number of carboxylic acid groups (broad SMARTS) is 1. The zero-order valence-electron chi connectivity index (χ0n) is 13.0. The SMILES string of the molecule is CC(C)Oc1ccccc1NC(=O)[C@@H]1CCCC[C@H]1C(=O)O. The van der Waals surface area contributed by atoms with Crippen LogP contribution in [0.1, 0.15) is 39.5 Å². The summed E-state index contributed by atoms with van der Waals surface area (Å²) in [6, 6.07) is 7.23. The van der Waals surface area contributed by atoms with Gasteiger partial charge in [0.05, 0.1) is 23.6 Å². The van der Waals surface area contributed by atoms with Crippen molar-refractivity contribution in [3.63, 3.8) is 0 Å². The number of hydrogen-bond acceptors (Lipinski definition) is 3. The van der Waals surface area contributed by atoms with Gasteiger partial charge in [0.2, 0.25) is 5.91 Å². The number of para-hydroxylation sites is 2. The fraction of sp³-hybridized carbons (Fsp3) is 0.529. The van der Waals surface area contributed by atoms with Gasteiger partial charge in [0, 0.05) is 0 Å². The highest BCUT2D eigenvalue weighted by atomic mass is 16.5. The van der Waals surface area contributed by atoms with Gasteiger partial charge in [-0.1, -0.05) is 25.0 Å². The first-order chi connectivity index (χ1) is 10.5. The Balaban J connectivity index is 2.12. The molecule has 0 saturated heterocycles. The molecule has 0 bridgehead atoms. The minimum Gasteiger partial charge on any atom is -0.489 e. The van der Waals surface area contributed by atoms with E-state index in [-0.39, 0.29) is 12.0 Å². The number of carboxylic acids is 1. The van der Waals surface area contributed by atoms with Gasteiger partial charge in [0.1, 0.15) is 5.75 Å². The highest BCUT2D eigenvalue weighted by Crippen LogP contribution is 2.32. The first-order valence-corrected chi connectivity index (χ1v) is 7.78. The summed E-state index contributed by atoms with van der Waals surface area (Å²) in [5.74, 6) is -1.57. The van der Waals surface area contributed by atoms with Gasteiger partial charge in [0.15, 0.2) is 0 Å². The molecule has 0 spiro atoms. The molecular formula is C17H23NO4. The van der Waals surface area contributed by atoms with Crippen LogP contribution in [0.3, 0.4) is 0 Å². The molecule has 0 heterocycles. The quantitative estimate of drug-likeness (QED) is 0.875. The molecule has 2 atom stereocenters. The van der Waals surface area contributed by atoms with Gasteiger partial charge in [-0.2, -0.15) is 0 Å². The zero-order valence-corrected chi connectivity index (χ0v) is 13.0. The van der Waals surface area contributed by atoms with Crippen molar-refractivity contribution in [3.8, 4) is 5.75 Å². The van der Waals surface area contributed by atoms with Crippen LogP contribution in [-0.4, -0.2) is 23.1 Å². The first-order valence-electron chi connectivity index (χ1n) is 7.78. The fourth-order valence-corrected chi connectivity index (χ4v) is 2.89. The molecule has 1 amide bonds. The van der Waals surface area contributed by atoms with E-state index < -0.39 is 17.8 Å². The molecule has 0 aromatic heterocycles. The Morgan fingerprint density at radius 1 is 1.18 bits per heavy atom. The Hall–Kier alpha value is -2.04. The lowest BCUT2D eigenvalue weighted by Crippen LogP contribution is -2.36. The minimum absolute atomic E-state index is 0.000462. The number of carbonyl (C=O) groups excluding carboxylic acids is 1. The van der Waals surface area contributed by atoms with Crippen molar-refractivity contribution in [2.45, 2.75) is 45.6 Å². The number of benzene rings is 1. The summed E-state index contributed by atoms with van der Waals surface area (Å²) >= 11 is 0. The summed E-state index contributed by atoms with van der Waals surface area (Å²) in [5.41, 5.74) is 0.593. The molecule has 5 heteroatoms. The standard InChI is InChI=1S/C17H23NO4/c1-11(2)22-15-10-6-5-9-14(15)18-16(19)12-7-3-4-8-13(12)17(20)21/h5-6,9-13H,3-4,7-8H2,1-2H3,(H,18,19)(H,20,21)/t12-,13-/m1/s1. The molecular weight excluding hydrogens is 282 g/mol. The predicted molar refractivity (Wildman–Crippen MR) is 83.9 cm³/mol. The van der Waals surface area contributed by atoms with E-state index in [1.165, 1.54) is 0 Å². The highest BCUT2D eigenvalue weighted by Gasteiger charge is 2.35. The minimum atomic E-state index is -0.883. The van der Waals surface area contributed by atoms with Crippen LogP contribution in [-0.2, 0) is 9.59 Å². The number of nitrogens with one attached hydrogen (secondary N) is 1. The Morgan fingerprint density at radius 3 is 2.45 bits per heavy atom. The molecule has 1 saturated carbocycles. The molecule has 1 aliphatic rings. The number of carbonyl (C=O) groups is 2. The molecule has 0 unspecified atom stereocenters. The Morgan fingerprint density at radius 2 is 1.82 bits per heavy atom. The van der Waals surface area contributed by atoms with E-state index in [4.69, 9.17) is 4.74 Å². The molecule has 0 radical (unpaired) electrons. The number of hydrogen-bond donors (Lipinski definition) is 2. The molecule has 1 aliphatic carbocycles. The average molecular weight is 305 g/mol. The van der Waals surface area contributed by atoms with Gasteiger partial charge in [-0.3, -0.25) is 9.59 Å². The number of anilines is 1. The molecule has 1 fully saturated rings. The normalized spacial score (nSPS) is 21.4. The molecule has 1 aromatic carbocycles. The molecule has 2 N–H and O–H groups in total. The van der Waals surface area contributed by atoms with E-state index in [2.05, 4.69) is 5.32 Å². The van der Waals surface area contributed by atoms with Crippen molar-refractivity contribution < 1.29 is 19.4 Å². The molecule has 22 heavy (non-hydrogen) atoms. The van der Waals surface area contributed by atoms with Crippen LogP contribution in [0.25, 0.3) is 0 Å². The molecule has 120 valence electrons. The number of ether oxygens (including phenoxy) is 1. The summed E-state index contributed by atoms with van der Waals surface area (Å²) in [5, 5.41) is 12.1. The van der Waals surface area contributed by atoms with Gasteiger partial charge in [-0.15, -0.1) is 0 Å². The molecule has 5 nitrogen and oxygen atoms in total. The summed E-state index contributed by atoms with van der Waals surface area (Å²) in [4.78, 5) is 23.8. The maximum absolute atomic E-state index is 12.5. The highest BCUT2D eigenvalue weighted by molar-refractivity contribution is 5.96. The van der Waals surface area contributed by atoms with Crippen LogP contribution in [0.2, 0.25) is 0 Å². The molecule has 0 aliphatic heterocycles. The van der Waals surface area contributed by atoms with Crippen molar-refractivity contribution in [1.29, 1.82) is 0 Å². The zero-order chi connectivity index (χ0) is 16.1. The van der Waals surface area contributed by atoms with Crippen LogP contribution < -0.4 is 10.1 Å². The van der Waals surface area contributed by atoms with E-state index in [0.717, 1.165) is 12.8 Å². The topological polar surface area (TPSA) is 75.6 Å². The first kappa shape index (κ1) is 16.3. The fourth-order valence-electron chi connectivity index (χ4n) is 2.89. The third kappa shape index (κ3) is 4.00. The second-order valence-corrected chi connectivity index (χ2v) is 5.99. The van der Waals surface area contributed by atoms with Gasteiger partial charge in [0.25, 0.3) is 0 Å². The summed E-state index contributed by atoms with van der Waals surface area (Å²) in [6.45, 7) is 3.83. The van der Waals surface area contributed by atoms with Crippen molar-refractivity contribution >= 4 is 17.6 Å². The lowest BCUT2D eigenvalue weighted by atomic mass is 9.78. The number of rotatable bonds is 5. The largest absolute Gasteiger partial charge is 0.489 e.